The molecule has 0 N–H and O–H groups in total. The first kappa shape index (κ1) is 12.9. The van der Waals surface area contributed by atoms with Gasteiger partial charge in [0.05, 0.1) is 12.1 Å². The van der Waals surface area contributed by atoms with Crippen molar-refractivity contribution in [2.24, 2.45) is 5.92 Å². The quantitative estimate of drug-likeness (QED) is 0.728. The van der Waals surface area contributed by atoms with Gasteiger partial charge in [-0.3, -0.25) is 4.79 Å². The van der Waals surface area contributed by atoms with E-state index in [4.69, 9.17) is 10.5 Å². The predicted octanol–water partition coefficient (Wildman–Crippen LogP) is 2.83. The Morgan fingerprint density at radius 3 is 2.18 bits per heavy atom. The van der Waals surface area contributed by atoms with Crippen molar-refractivity contribution in [1.29, 1.82) is 10.5 Å². The van der Waals surface area contributed by atoms with Gasteiger partial charge in [0.1, 0.15) is 0 Å². The van der Waals surface area contributed by atoms with Crippen LogP contribution in [0.15, 0.2) is 24.3 Å². The van der Waals surface area contributed by atoms with Gasteiger partial charge in [0.15, 0.2) is 11.7 Å². The van der Waals surface area contributed by atoms with Gasteiger partial charge in [-0.1, -0.05) is 45.0 Å². The van der Waals surface area contributed by atoms with Crippen LogP contribution >= 0.6 is 0 Å². The molecule has 3 heteroatoms. The second-order valence-electron chi connectivity index (χ2n) is 4.85. The molecule has 0 aromatic heterocycles. The Labute approximate surface area is 101 Å². The number of hydrogen-bond donors (Lipinski definition) is 0. The molecule has 1 rings (SSSR count). The molecule has 0 atom stereocenters. The van der Waals surface area contributed by atoms with Crippen LogP contribution in [0.3, 0.4) is 0 Å². The van der Waals surface area contributed by atoms with Crippen molar-refractivity contribution in [2.45, 2.75) is 26.2 Å². The summed E-state index contributed by atoms with van der Waals surface area (Å²) in [5.41, 5.74) is 1.13. The zero-order valence-corrected chi connectivity index (χ0v) is 10.2. The molecule has 0 fully saturated rings. The third-order valence-electron chi connectivity index (χ3n) is 2.52. The zero-order chi connectivity index (χ0) is 13.1. The number of nitriles is 2. The molecule has 17 heavy (non-hydrogen) atoms. The van der Waals surface area contributed by atoms with Gasteiger partial charge in [0.2, 0.25) is 0 Å². The Kier molecular flexibility index (Phi) is 3.66. The van der Waals surface area contributed by atoms with Crippen molar-refractivity contribution in [3.8, 4) is 12.1 Å². The Hall–Kier alpha value is -2.13. The average molecular weight is 226 g/mol. The van der Waals surface area contributed by atoms with Crippen molar-refractivity contribution in [3.63, 3.8) is 0 Å². The first-order chi connectivity index (χ1) is 7.91. The molecule has 0 bridgehead atoms. The second-order valence-corrected chi connectivity index (χ2v) is 4.85. The van der Waals surface area contributed by atoms with Crippen molar-refractivity contribution >= 4 is 5.78 Å². The van der Waals surface area contributed by atoms with Crippen LogP contribution in [0.5, 0.6) is 0 Å². The summed E-state index contributed by atoms with van der Waals surface area (Å²) in [7, 11) is 0. The van der Waals surface area contributed by atoms with Crippen molar-refractivity contribution in [2.75, 3.05) is 0 Å². The summed E-state index contributed by atoms with van der Waals surface area (Å²) in [4.78, 5) is 12.0. The van der Waals surface area contributed by atoms with Crippen LogP contribution in [0.1, 0.15) is 36.7 Å². The van der Waals surface area contributed by atoms with E-state index in [9.17, 15) is 4.79 Å². The summed E-state index contributed by atoms with van der Waals surface area (Å²) < 4.78 is 0. The fourth-order valence-corrected chi connectivity index (χ4v) is 1.65. The highest BCUT2D eigenvalue weighted by atomic mass is 16.1. The van der Waals surface area contributed by atoms with E-state index in [2.05, 4.69) is 0 Å². The maximum absolute atomic E-state index is 12.0. The average Bonchev–Trinajstić information content (AvgIpc) is 2.29. The van der Waals surface area contributed by atoms with Crippen molar-refractivity contribution < 1.29 is 4.79 Å². The number of hydrogen-bond acceptors (Lipinski definition) is 3. The van der Waals surface area contributed by atoms with Gasteiger partial charge in [-0.15, -0.1) is 0 Å². The maximum atomic E-state index is 12.0. The lowest BCUT2D eigenvalue weighted by molar-refractivity contribution is 0.0968. The fraction of sp³-hybridized carbons (Fsp3) is 0.357. The van der Waals surface area contributed by atoms with E-state index < -0.39 is 11.7 Å². The van der Waals surface area contributed by atoms with E-state index >= 15 is 0 Å². The van der Waals surface area contributed by atoms with E-state index in [1.54, 1.807) is 24.3 Å². The molecule has 0 aliphatic rings. The minimum Gasteiger partial charge on any atom is -0.291 e. The van der Waals surface area contributed by atoms with Gasteiger partial charge in [0.25, 0.3) is 0 Å². The van der Waals surface area contributed by atoms with Gasteiger partial charge in [-0.05, 0) is 11.0 Å². The van der Waals surface area contributed by atoms with E-state index in [1.807, 2.05) is 32.9 Å². The minimum atomic E-state index is -1.22. The Bertz CT molecular complexity index is 498. The molecule has 86 valence electrons. The van der Waals surface area contributed by atoms with Gasteiger partial charge < -0.3 is 0 Å². The number of Topliss-reactive ketones (excluding diaryl/α,β-unsaturated/α-hetero) is 1. The molecule has 0 aliphatic carbocycles. The normalized spacial score (nSPS) is 10.7. The van der Waals surface area contributed by atoms with E-state index in [1.165, 1.54) is 0 Å². The summed E-state index contributed by atoms with van der Waals surface area (Å²) in [6.45, 7) is 5.98. The molecule has 0 aliphatic heterocycles. The Morgan fingerprint density at radius 2 is 1.71 bits per heavy atom. The molecule has 0 saturated carbocycles. The highest BCUT2D eigenvalue weighted by Crippen LogP contribution is 2.27. The van der Waals surface area contributed by atoms with Crippen molar-refractivity contribution in [1.82, 2.24) is 0 Å². The molecule has 0 radical (unpaired) electrons. The Morgan fingerprint density at radius 1 is 1.18 bits per heavy atom. The largest absolute Gasteiger partial charge is 0.291 e. The summed E-state index contributed by atoms with van der Waals surface area (Å²) >= 11 is 0. The van der Waals surface area contributed by atoms with Gasteiger partial charge in [-0.25, -0.2) is 0 Å². The molecule has 1 aromatic rings. The number of benzene rings is 1. The molecular weight excluding hydrogens is 212 g/mol. The van der Waals surface area contributed by atoms with Gasteiger partial charge in [0, 0.05) is 5.56 Å². The fourth-order valence-electron chi connectivity index (χ4n) is 1.65. The number of rotatable bonds is 2. The molecule has 1 aromatic carbocycles. The lowest BCUT2D eigenvalue weighted by Gasteiger charge is -2.22. The van der Waals surface area contributed by atoms with E-state index in [0.29, 0.717) is 5.56 Å². The third-order valence-corrected chi connectivity index (χ3v) is 2.52. The minimum absolute atomic E-state index is 0.193. The van der Waals surface area contributed by atoms with Crippen LogP contribution in [0.4, 0.5) is 0 Å². The topological polar surface area (TPSA) is 64.7 Å². The molecule has 3 nitrogen and oxygen atoms in total. The van der Waals surface area contributed by atoms with Crippen LogP contribution in [-0.2, 0) is 5.41 Å². The Balaban J connectivity index is 3.30. The standard InChI is InChI=1S/C14H14N2O/c1-14(2,3)12-7-5-4-6-11(12)13(17)10(8-15)9-16/h4-7,10H,1-3H3. The van der Waals surface area contributed by atoms with Gasteiger partial charge in [-0.2, -0.15) is 10.5 Å². The van der Waals surface area contributed by atoms with Crippen LogP contribution in [0.25, 0.3) is 0 Å². The van der Waals surface area contributed by atoms with Crippen LogP contribution in [-0.4, -0.2) is 5.78 Å². The molecule has 0 amide bonds. The predicted molar refractivity (Wildman–Crippen MR) is 64.2 cm³/mol. The molecule has 0 unspecified atom stereocenters. The molecule has 0 saturated heterocycles. The maximum Gasteiger partial charge on any atom is 0.195 e. The number of carbonyl (C=O) groups is 1. The SMILES string of the molecule is CC(C)(C)c1ccccc1C(=O)C(C#N)C#N. The monoisotopic (exact) mass is 226 g/mol. The molecule has 0 spiro atoms. The third kappa shape index (κ3) is 2.71. The van der Waals surface area contributed by atoms with Crippen LogP contribution in [0, 0.1) is 28.6 Å². The second kappa shape index (κ2) is 4.80. The number of nitrogens with zero attached hydrogens (tertiary/aromatic N) is 2. The highest BCUT2D eigenvalue weighted by molar-refractivity contribution is 6.02. The zero-order valence-electron chi connectivity index (χ0n) is 10.2. The highest BCUT2D eigenvalue weighted by Gasteiger charge is 2.26. The van der Waals surface area contributed by atoms with Crippen LogP contribution in [0.2, 0.25) is 0 Å². The molecular formula is C14H14N2O. The first-order valence-corrected chi connectivity index (χ1v) is 5.34. The first-order valence-electron chi connectivity index (χ1n) is 5.34. The van der Waals surface area contributed by atoms with E-state index in [0.717, 1.165) is 5.56 Å². The van der Waals surface area contributed by atoms with E-state index in [-0.39, 0.29) is 5.41 Å². The summed E-state index contributed by atoms with van der Waals surface area (Å²) in [5, 5.41) is 17.5. The number of carbonyl (C=O) groups excluding carboxylic acids is 1. The van der Waals surface area contributed by atoms with Crippen LogP contribution < -0.4 is 0 Å². The number of ketones is 1. The lowest BCUT2D eigenvalue weighted by atomic mass is 9.81. The summed E-state index contributed by atoms with van der Waals surface area (Å²) in [6, 6.07) is 10.6. The lowest BCUT2D eigenvalue weighted by Crippen LogP contribution is -2.20. The van der Waals surface area contributed by atoms with Gasteiger partial charge >= 0.3 is 0 Å². The summed E-state index contributed by atoms with van der Waals surface area (Å²) in [6.07, 6.45) is 0. The smallest absolute Gasteiger partial charge is 0.195 e. The van der Waals surface area contributed by atoms with Crippen molar-refractivity contribution in [3.05, 3.63) is 35.4 Å². The molecule has 0 heterocycles. The summed E-state index contributed by atoms with van der Waals surface area (Å²) in [5.74, 6) is -1.64.